The maximum atomic E-state index is 12.3. The van der Waals surface area contributed by atoms with E-state index in [2.05, 4.69) is 0 Å². The van der Waals surface area contributed by atoms with Gasteiger partial charge in [0.1, 0.15) is 0 Å². The summed E-state index contributed by atoms with van der Waals surface area (Å²) in [5.41, 5.74) is 3.36. The molecule has 0 saturated heterocycles. The highest BCUT2D eigenvalue weighted by Gasteiger charge is 2.07. The molecule has 0 saturated carbocycles. The van der Waals surface area contributed by atoms with E-state index in [1.165, 1.54) is 18.2 Å². The van der Waals surface area contributed by atoms with Crippen LogP contribution < -0.4 is 0 Å². The quantitative estimate of drug-likeness (QED) is 0.533. The number of allylic oxidation sites excluding steroid dienone is 1. The van der Waals surface area contributed by atoms with Crippen molar-refractivity contribution in [2.45, 2.75) is 0 Å². The molecule has 3 heteroatoms. The Morgan fingerprint density at radius 1 is 0.720 bits per heavy atom. The van der Waals surface area contributed by atoms with Gasteiger partial charge in [0.15, 0.2) is 5.78 Å². The Morgan fingerprint density at radius 2 is 1.32 bits per heavy atom. The van der Waals surface area contributed by atoms with Crippen LogP contribution in [0.2, 0.25) is 0 Å². The van der Waals surface area contributed by atoms with E-state index < -0.39 is 5.97 Å². The largest absolute Gasteiger partial charge is 0.478 e. The van der Waals surface area contributed by atoms with Gasteiger partial charge in [-0.15, -0.1) is 0 Å². The Hall–Kier alpha value is -3.46. The van der Waals surface area contributed by atoms with Crippen molar-refractivity contribution in [3.05, 3.63) is 102 Å². The van der Waals surface area contributed by atoms with Gasteiger partial charge >= 0.3 is 5.97 Å². The molecule has 0 bridgehead atoms. The summed E-state index contributed by atoms with van der Waals surface area (Å²) in [6.45, 7) is 0. The van der Waals surface area contributed by atoms with Crippen LogP contribution in [0.4, 0.5) is 0 Å². The molecule has 0 aliphatic carbocycles. The lowest BCUT2D eigenvalue weighted by Crippen LogP contribution is -1.99. The Kier molecular flexibility index (Phi) is 4.86. The third-order valence-electron chi connectivity index (χ3n) is 3.88. The zero-order chi connectivity index (χ0) is 17.6. The molecule has 1 N–H and O–H groups in total. The van der Waals surface area contributed by atoms with Crippen molar-refractivity contribution < 1.29 is 14.7 Å². The normalized spacial score (nSPS) is 10.7. The zero-order valence-electron chi connectivity index (χ0n) is 13.4. The Balaban J connectivity index is 1.79. The smallest absolute Gasteiger partial charge is 0.336 e. The van der Waals surface area contributed by atoms with Crippen molar-refractivity contribution in [2.24, 2.45) is 0 Å². The fraction of sp³-hybridized carbons (Fsp3) is 0. The molecule has 0 fully saturated rings. The number of aromatic carboxylic acids is 1. The number of hydrogen-bond donors (Lipinski definition) is 1. The van der Waals surface area contributed by atoms with E-state index in [0.717, 1.165) is 11.1 Å². The number of carbonyl (C=O) groups is 2. The van der Waals surface area contributed by atoms with E-state index in [1.54, 1.807) is 30.3 Å². The SMILES string of the molecule is O=C(/C=C/c1ccccc1C(=O)O)c1ccc(-c2ccccc2)cc1. The summed E-state index contributed by atoms with van der Waals surface area (Å²) < 4.78 is 0. The van der Waals surface area contributed by atoms with E-state index in [0.29, 0.717) is 11.1 Å². The van der Waals surface area contributed by atoms with Gasteiger partial charge in [0, 0.05) is 5.56 Å². The molecule has 0 radical (unpaired) electrons. The van der Waals surface area contributed by atoms with Crippen LogP contribution in [-0.2, 0) is 0 Å². The van der Waals surface area contributed by atoms with Crippen molar-refractivity contribution >= 4 is 17.8 Å². The second-order valence-electron chi connectivity index (χ2n) is 5.53. The lowest BCUT2D eigenvalue weighted by Gasteiger charge is -2.03. The first-order chi connectivity index (χ1) is 12.1. The highest BCUT2D eigenvalue weighted by atomic mass is 16.4. The number of ketones is 1. The summed E-state index contributed by atoms with van der Waals surface area (Å²) in [7, 11) is 0. The summed E-state index contributed by atoms with van der Waals surface area (Å²) in [5, 5.41) is 9.17. The number of benzene rings is 3. The third kappa shape index (κ3) is 3.90. The Morgan fingerprint density at radius 3 is 2.00 bits per heavy atom. The van der Waals surface area contributed by atoms with Crippen LogP contribution in [0.5, 0.6) is 0 Å². The minimum Gasteiger partial charge on any atom is -0.478 e. The molecule has 0 heterocycles. The van der Waals surface area contributed by atoms with E-state index in [-0.39, 0.29) is 11.3 Å². The van der Waals surface area contributed by atoms with E-state index in [1.807, 2.05) is 42.5 Å². The minimum absolute atomic E-state index is 0.167. The molecule has 0 spiro atoms. The summed E-state index contributed by atoms with van der Waals surface area (Å²) in [4.78, 5) is 23.5. The van der Waals surface area contributed by atoms with Gasteiger partial charge in [-0.1, -0.05) is 78.9 Å². The van der Waals surface area contributed by atoms with Gasteiger partial charge in [0.2, 0.25) is 0 Å². The first-order valence-electron chi connectivity index (χ1n) is 7.85. The van der Waals surface area contributed by atoms with Gasteiger partial charge in [-0.25, -0.2) is 4.79 Å². The van der Waals surface area contributed by atoms with E-state index >= 15 is 0 Å². The number of carboxylic acid groups (broad SMARTS) is 1. The standard InChI is InChI=1S/C22H16O3/c23-21(15-14-18-8-4-5-9-20(18)22(24)25)19-12-10-17(11-13-19)16-6-2-1-3-7-16/h1-15H,(H,24,25)/b15-14+. The molecule has 122 valence electrons. The summed E-state index contributed by atoms with van der Waals surface area (Å²) >= 11 is 0. The van der Waals surface area contributed by atoms with Gasteiger partial charge in [-0.05, 0) is 28.8 Å². The predicted octanol–water partition coefficient (Wildman–Crippen LogP) is 4.95. The van der Waals surface area contributed by atoms with Crippen molar-refractivity contribution in [1.29, 1.82) is 0 Å². The molecule has 3 nitrogen and oxygen atoms in total. The molecule has 0 aliphatic heterocycles. The second kappa shape index (κ2) is 7.41. The Bertz CT molecular complexity index is 923. The van der Waals surface area contributed by atoms with E-state index in [9.17, 15) is 9.59 Å². The lowest BCUT2D eigenvalue weighted by molar-refractivity contribution is 0.0696. The van der Waals surface area contributed by atoms with Crippen LogP contribution in [0.15, 0.2) is 84.9 Å². The highest BCUT2D eigenvalue weighted by Crippen LogP contribution is 2.20. The number of hydrogen-bond acceptors (Lipinski definition) is 2. The second-order valence-corrected chi connectivity index (χ2v) is 5.53. The summed E-state index contributed by atoms with van der Waals surface area (Å²) in [6.07, 6.45) is 2.94. The molecule has 3 aromatic rings. The Labute approximate surface area is 145 Å². The third-order valence-corrected chi connectivity index (χ3v) is 3.88. The van der Waals surface area contributed by atoms with Crippen LogP contribution in [0.25, 0.3) is 17.2 Å². The zero-order valence-corrected chi connectivity index (χ0v) is 13.4. The van der Waals surface area contributed by atoms with Crippen molar-refractivity contribution in [2.75, 3.05) is 0 Å². The van der Waals surface area contributed by atoms with E-state index in [4.69, 9.17) is 5.11 Å². The molecular formula is C22H16O3. The van der Waals surface area contributed by atoms with Crippen LogP contribution >= 0.6 is 0 Å². The first kappa shape index (κ1) is 16.4. The van der Waals surface area contributed by atoms with Crippen molar-refractivity contribution in [1.82, 2.24) is 0 Å². The fourth-order valence-electron chi connectivity index (χ4n) is 2.56. The molecule has 3 rings (SSSR count). The average Bonchev–Trinajstić information content (AvgIpc) is 2.67. The summed E-state index contributed by atoms with van der Waals surface area (Å²) in [6, 6.07) is 23.9. The van der Waals surface area contributed by atoms with Crippen LogP contribution in [0.1, 0.15) is 26.3 Å². The monoisotopic (exact) mass is 328 g/mol. The molecule has 0 atom stereocenters. The maximum absolute atomic E-state index is 12.3. The van der Waals surface area contributed by atoms with Crippen LogP contribution in [0.3, 0.4) is 0 Å². The number of carboxylic acids is 1. The molecule has 0 unspecified atom stereocenters. The molecule has 25 heavy (non-hydrogen) atoms. The van der Waals surface area contributed by atoms with Gasteiger partial charge in [0.25, 0.3) is 0 Å². The lowest BCUT2D eigenvalue weighted by atomic mass is 10.0. The molecule has 0 aromatic heterocycles. The predicted molar refractivity (Wildman–Crippen MR) is 98.6 cm³/mol. The van der Waals surface area contributed by atoms with Gasteiger partial charge < -0.3 is 5.11 Å². The maximum Gasteiger partial charge on any atom is 0.336 e. The van der Waals surface area contributed by atoms with Gasteiger partial charge in [-0.2, -0.15) is 0 Å². The summed E-state index contributed by atoms with van der Waals surface area (Å²) in [5.74, 6) is -1.18. The van der Waals surface area contributed by atoms with Gasteiger partial charge in [-0.3, -0.25) is 4.79 Å². The number of carbonyl (C=O) groups excluding carboxylic acids is 1. The molecule has 0 amide bonds. The molecule has 0 aliphatic rings. The molecular weight excluding hydrogens is 312 g/mol. The van der Waals surface area contributed by atoms with Crippen LogP contribution in [-0.4, -0.2) is 16.9 Å². The average molecular weight is 328 g/mol. The fourth-order valence-corrected chi connectivity index (χ4v) is 2.56. The van der Waals surface area contributed by atoms with Crippen molar-refractivity contribution in [3.8, 4) is 11.1 Å². The van der Waals surface area contributed by atoms with Crippen LogP contribution in [0, 0.1) is 0 Å². The molecule has 3 aromatic carbocycles. The first-order valence-corrected chi connectivity index (χ1v) is 7.85. The highest BCUT2D eigenvalue weighted by molar-refractivity contribution is 6.07. The van der Waals surface area contributed by atoms with Crippen molar-refractivity contribution in [3.63, 3.8) is 0 Å². The topological polar surface area (TPSA) is 54.4 Å². The number of rotatable bonds is 5. The minimum atomic E-state index is -1.01. The van der Waals surface area contributed by atoms with Gasteiger partial charge in [0.05, 0.1) is 5.56 Å².